The summed E-state index contributed by atoms with van der Waals surface area (Å²) in [5, 5.41) is 20.5. The summed E-state index contributed by atoms with van der Waals surface area (Å²) in [6, 6.07) is 7.04. The van der Waals surface area contributed by atoms with Crippen LogP contribution in [0.5, 0.6) is 0 Å². The first-order valence-corrected chi connectivity index (χ1v) is 6.79. The Balaban J connectivity index is 2.09. The minimum Gasteiger partial charge on any atom is -0.872 e. The van der Waals surface area contributed by atoms with Gasteiger partial charge in [0, 0.05) is 11.8 Å². The van der Waals surface area contributed by atoms with Crippen molar-refractivity contribution in [1.82, 2.24) is 9.97 Å². The van der Waals surface area contributed by atoms with Crippen LogP contribution in [0.2, 0.25) is 0 Å². The van der Waals surface area contributed by atoms with Crippen LogP contribution in [0.15, 0.2) is 60.3 Å². The van der Waals surface area contributed by atoms with Gasteiger partial charge in [0.2, 0.25) is 5.95 Å². The van der Waals surface area contributed by atoms with Crippen LogP contribution in [0.1, 0.15) is 11.3 Å². The monoisotopic (exact) mass is 307 g/mol. The van der Waals surface area contributed by atoms with E-state index in [4.69, 9.17) is 11.1 Å². The van der Waals surface area contributed by atoms with Gasteiger partial charge in [0.25, 0.3) is 0 Å². The molecule has 1 aromatic heterocycles. The van der Waals surface area contributed by atoms with Crippen LogP contribution in [0.25, 0.3) is 11.3 Å². The molecule has 0 aliphatic heterocycles. The van der Waals surface area contributed by atoms with Crippen LogP contribution in [0.4, 0.5) is 10.3 Å². The van der Waals surface area contributed by atoms with E-state index < -0.39 is 11.6 Å². The van der Waals surface area contributed by atoms with Crippen LogP contribution >= 0.6 is 0 Å². The number of anilines is 1. The van der Waals surface area contributed by atoms with E-state index >= 15 is 0 Å². The molecule has 3 N–H and O–H groups in total. The summed E-state index contributed by atoms with van der Waals surface area (Å²) >= 11 is 0. The summed E-state index contributed by atoms with van der Waals surface area (Å²) in [5.74, 6) is -0.795. The lowest BCUT2D eigenvalue weighted by Crippen LogP contribution is -2.13. The number of nitrogens with one attached hydrogen (secondary N) is 1. The average Bonchev–Trinajstić information content (AvgIpc) is 2.54. The van der Waals surface area contributed by atoms with Crippen molar-refractivity contribution in [2.45, 2.75) is 0 Å². The predicted octanol–water partition coefficient (Wildman–Crippen LogP) is 1.94. The number of rotatable bonds is 2. The third-order valence-electron chi connectivity index (χ3n) is 3.32. The molecule has 23 heavy (non-hydrogen) atoms. The first-order chi connectivity index (χ1) is 11.0. The standard InChI is InChI=1S/C17H13FN4O/c18-12-3-1-2-11(8-12)16(23)13-9-10(4-5-14(13)19)15-6-7-21-17(20)22-15/h1-9,19,23H,(H2,20,21,22)/p-1/b16-13-,19-14?. The van der Waals surface area contributed by atoms with Crippen molar-refractivity contribution in [3.05, 3.63) is 77.4 Å². The van der Waals surface area contributed by atoms with Gasteiger partial charge in [-0.15, -0.1) is 0 Å². The lowest BCUT2D eigenvalue weighted by atomic mass is 9.95. The predicted molar refractivity (Wildman–Crippen MR) is 84.6 cm³/mol. The minimum absolute atomic E-state index is 0.0602. The number of nitrogen functional groups attached to an aromatic ring is 1. The van der Waals surface area contributed by atoms with E-state index in [2.05, 4.69) is 9.97 Å². The van der Waals surface area contributed by atoms with E-state index in [1.54, 1.807) is 18.2 Å². The van der Waals surface area contributed by atoms with E-state index in [0.29, 0.717) is 11.3 Å². The Hall–Kier alpha value is -3.28. The highest BCUT2D eigenvalue weighted by Crippen LogP contribution is 2.25. The van der Waals surface area contributed by atoms with Crippen LogP contribution < -0.4 is 10.8 Å². The lowest BCUT2D eigenvalue weighted by molar-refractivity contribution is -0.244. The van der Waals surface area contributed by atoms with E-state index in [9.17, 15) is 9.50 Å². The summed E-state index contributed by atoms with van der Waals surface area (Å²) in [5.41, 5.74) is 7.17. The maximum Gasteiger partial charge on any atom is 0.220 e. The summed E-state index contributed by atoms with van der Waals surface area (Å²) in [6.45, 7) is 0. The largest absolute Gasteiger partial charge is 0.872 e. The molecule has 0 bridgehead atoms. The summed E-state index contributed by atoms with van der Waals surface area (Å²) in [4.78, 5) is 7.91. The van der Waals surface area contributed by atoms with Gasteiger partial charge in [0.15, 0.2) is 0 Å². The van der Waals surface area contributed by atoms with Gasteiger partial charge in [0.05, 0.1) is 11.4 Å². The Morgan fingerprint density at radius 1 is 1.22 bits per heavy atom. The molecule has 0 saturated carbocycles. The molecule has 1 aromatic carbocycles. The molecule has 0 amide bonds. The number of allylic oxidation sites excluding steroid dienone is 5. The van der Waals surface area contributed by atoms with Gasteiger partial charge in [-0.05, 0) is 41.5 Å². The molecule has 0 radical (unpaired) electrons. The Kier molecular flexibility index (Phi) is 3.72. The third-order valence-corrected chi connectivity index (χ3v) is 3.32. The molecular weight excluding hydrogens is 295 g/mol. The molecule has 1 heterocycles. The summed E-state index contributed by atoms with van der Waals surface area (Å²) in [7, 11) is 0. The van der Waals surface area contributed by atoms with E-state index in [1.165, 1.54) is 30.5 Å². The van der Waals surface area contributed by atoms with Crippen molar-refractivity contribution in [2.75, 3.05) is 5.73 Å². The molecule has 0 unspecified atom stereocenters. The van der Waals surface area contributed by atoms with Crippen molar-refractivity contribution >= 4 is 23.0 Å². The van der Waals surface area contributed by atoms with Crippen LogP contribution in [-0.4, -0.2) is 15.7 Å². The fraction of sp³-hybridized carbons (Fsp3) is 0. The van der Waals surface area contributed by atoms with Gasteiger partial charge in [-0.25, -0.2) is 14.4 Å². The molecule has 2 aromatic rings. The van der Waals surface area contributed by atoms with Crippen LogP contribution in [0.3, 0.4) is 0 Å². The molecule has 114 valence electrons. The number of benzene rings is 1. The molecule has 1 aliphatic rings. The SMILES string of the molecule is N=C1C=CC(c2ccnc(N)n2)=C/C1=C(/[O-])c1cccc(F)c1. The number of nitrogens with zero attached hydrogens (tertiary/aromatic N) is 2. The fourth-order valence-electron chi connectivity index (χ4n) is 2.21. The quantitative estimate of drug-likeness (QED) is 0.828. The van der Waals surface area contributed by atoms with Crippen molar-refractivity contribution < 1.29 is 9.50 Å². The Bertz CT molecular complexity index is 884. The molecule has 0 spiro atoms. The second-order valence-electron chi connectivity index (χ2n) is 4.90. The molecular formula is C17H12FN4O-. The van der Waals surface area contributed by atoms with Crippen molar-refractivity contribution in [2.24, 2.45) is 0 Å². The van der Waals surface area contributed by atoms with Crippen LogP contribution in [0, 0.1) is 11.2 Å². The van der Waals surface area contributed by atoms with Gasteiger partial charge < -0.3 is 16.2 Å². The lowest BCUT2D eigenvalue weighted by Gasteiger charge is -2.20. The number of halogens is 1. The van der Waals surface area contributed by atoms with Gasteiger partial charge in [-0.2, -0.15) is 0 Å². The highest BCUT2D eigenvalue weighted by molar-refractivity contribution is 6.16. The number of nitrogens with two attached hydrogens (primary N) is 1. The zero-order chi connectivity index (χ0) is 16.4. The maximum absolute atomic E-state index is 13.3. The Morgan fingerprint density at radius 3 is 2.78 bits per heavy atom. The van der Waals surface area contributed by atoms with Gasteiger partial charge in [0.1, 0.15) is 5.82 Å². The minimum atomic E-state index is -0.498. The molecule has 0 saturated heterocycles. The smallest absolute Gasteiger partial charge is 0.220 e. The second-order valence-corrected chi connectivity index (χ2v) is 4.90. The first kappa shape index (κ1) is 14.6. The van der Waals surface area contributed by atoms with Crippen molar-refractivity contribution in [3.8, 4) is 0 Å². The fourth-order valence-corrected chi connectivity index (χ4v) is 2.21. The zero-order valence-electron chi connectivity index (χ0n) is 12.0. The second kappa shape index (κ2) is 5.84. The van der Waals surface area contributed by atoms with E-state index in [0.717, 1.165) is 6.07 Å². The average molecular weight is 307 g/mol. The van der Waals surface area contributed by atoms with Gasteiger partial charge in [-0.3, -0.25) is 0 Å². The van der Waals surface area contributed by atoms with E-state index in [-0.39, 0.29) is 22.8 Å². The van der Waals surface area contributed by atoms with Gasteiger partial charge in [-0.1, -0.05) is 24.0 Å². The van der Waals surface area contributed by atoms with Crippen molar-refractivity contribution in [3.63, 3.8) is 0 Å². The van der Waals surface area contributed by atoms with Gasteiger partial charge >= 0.3 is 0 Å². The van der Waals surface area contributed by atoms with Crippen molar-refractivity contribution in [1.29, 1.82) is 5.41 Å². The Labute approximate surface area is 131 Å². The zero-order valence-corrected chi connectivity index (χ0v) is 12.0. The van der Waals surface area contributed by atoms with Crippen LogP contribution in [-0.2, 0) is 0 Å². The molecule has 0 fully saturated rings. The summed E-state index contributed by atoms with van der Waals surface area (Å²) in [6.07, 6.45) is 6.24. The van der Waals surface area contributed by atoms with E-state index in [1.807, 2.05) is 0 Å². The summed E-state index contributed by atoms with van der Waals surface area (Å²) < 4.78 is 13.3. The normalized spacial score (nSPS) is 16.2. The highest BCUT2D eigenvalue weighted by Gasteiger charge is 2.12. The molecule has 3 rings (SSSR count). The molecule has 0 atom stereocenters. The number of hydrogen-bond acceptors (Lipinski definition) is 5. The molecule has 6 heteroatoms. The molecule has 1 aliphatic carbocycles. The number of aromatic nitrogens is 2. The maximum atomic E-state index is 13.3. The number of hydrogen-bond donors (Lipinski definition) is 2. The first-order valence-electron chi connectivity index (χ1n) is 6.79. The Morgan fingerprint density at radius 2 is 2.04 bits per heavy atom. The third kappa shape index (κ3) is 3.01. The topological polar surface area (TPSA) is 98.7 Å². The molecule has 5 nitrogen and oxygen atoms in total. The highest BCUT2D eigenvalue weighted by atomic mass is 19.1.